The van der Waals surface area contributed by atoms with Crippen LogP contribution >= 0.6 is 11.8 Å². The largest absolute Gasteiger partial charge is 0.269 e. The van der Waals surface area contributed by atoms with Gasteiger partial charge >= 0.3 is 0 Å². The standard InChI is InChI=1S/C17H13FN6OS/c1-11-4-2-7-15-19-13(9-16(25)23(11)15)10-26-17-20-21-22-24(17)14-6-3-5-12(18)8-14/h2-9H,10H2,1H3. The lowest BCUT2D eigenvalue weighted by Gasteiger charge is -2.07. The van der Waals surface area contributed by atoms with Gasteiger partial charge < -0.3 is 0 Å². The third kappa shape index (κ3) is 3.08. The lowest BCUT2D eigenvalue weighted by molar-refractivity contribution is 0.623. The molecule has 0 N–H and O–H groups in total. The fourth-order valence-corrected chi connectivity index (χ4v) is 3.40. The maximum atomic E-state index is 13.4. The number of nitrogens with zero attached hydrogens (tertiary/aromatic N) is 6. The van der Waals surface area contributed by atoms with Crippen molar-refractivity contribution in [2.45, 2.75) is 17.8 Å². The first kappa shape index (κ1) is 16.4. The molecule has 3 heterocycles. The summed E-state index contributed by atoms with van der Waals surface area (Å²) in [5, 5.41) is 12.0. The van der Waals surface area contributed by atoms with Crippen LogP contribution in [0.1, 0.15) is 11.4 Å². The van der Waals surface area contributed by atoms with Gasteiger partial charge in [0, 0.05) is 17.5 Å². The van der Waals surface area contributed by atoms with Crippen LogP contribution in [0.5, 0.6) is 0 Å². The third-order valence-corrected chi connectivity index (χ3v) is 4.73. The maximum absolute atomic E-state index is 13.4. The second-order valence-electron chi connectivity index (χ2n) is 5.59. The highest BCUT2D eigenvalue weighted by molar-refractivity contribution is 7.98. The topological polar surface area (TPSA) is 78.0 Å². The Kier molecular flexibility index (Phi) is 4.21. The molecule has 1 aromatic carbocycles. The molecule has 0 aliphatic carbocycles. The lowest BCUT2D eigenvalue weighted by atomic mass is 10.3. The number of pyridine rings is 1. The average Bonchev–Trinajstić information content (AvgIpc) is 3.08. The number of fused-ring (bicyclic) bond motifs is 1. The van der Waals surface area contributed by atoms with E-state index in [9.17, 15) is 9.18 Å². The molecule has 130 valence electrons. The van der Waals surface area contributed by atoms with E-state index >= 15 is 0 Å². The highest BCUT2D eigenvalue weighted by Crippen LogP contribution is 2.22. The van der Waals surface area contributed by atoms with Crippen LogP contribution in [0, 0.1) is 12.7 Å². The number of thioether (sulfide) groups is 1. The van der Waals surface area contributed by atoms with E-state index in [2.05, 4.69) is 20.5 Å². The predicted molar refractivity (Wildman–Crippen MR) is 94.9 cm³/mol. The Morgan fingerprint density at radius 3 is 2.85 bits per heavy atom. The smallest absolute Gasteiger partial charge is 0.258 e. The fraction of sp³-hybridized carbons (Fsp3) is 0.118. The van der Waals surface area contributed by atoms with Crippen LogP contribution in [0.25, 0.3) is 11.3 Å². The second-order valence-corrected chi connectivity index (χ2v) is 6.53. The van der Waals surface area contributed by atoms with Crippen LogP contribution in [-0.4, -0.2) is 29.6 Å². The highest BCUT2D eigenvalue weighted by Gasteiger charge is 2.11. The lowest BCUT2D eigenvalue weighted by Crippen LogP contribution is -2.17. The number of aromatic nitrogens is 6. The number of benzene rings is 1. The van der Waals surface area contributed by atoms with Crippen molar-refractivity contribution in [3.8, 4) is 5.69 Å². The van der Waals surface area contributed by atoms with E-state index < -0.39 is 0 Å². The van der Waals surface area contributed by atoms with E-state index in [1.807, 2.05) is 19.1 Å². The van der Waals surface area contributed by atoms with Gasteiger partial charge in [-0.1, -0.05) is 23.9 Å². The highest BCUT2D eigenvalue weighted by atomic mass is 32.2. The number of hydrogen-bond acceptors (Lipinski definition) is 6. The third-order valence-electron chi connectivity index (χ3n) is 3.78. The Bertz CT molecular complexity index is 1160. The van der Waals surface area contributed by atoms with Crippen LogP contribution in [0.15, 0.2) is 58.5 Å². The summed E-state index contributed by atoms with van der Waals surface area (Å²) in [4.78, 5) is 16.9. The molecule has 3 aromatic heterocycles. The zero-order valence-corrected chi connectivity index (χ0v) is 14.5. The fourth-order valence-electron chi connectivity index (χ4n) is 2.61. The molecular formula is C17H13FN6OS. The molecule has 0 unspecified atom stereocenters. The van der Waals surface area contributed by atoms with E-state index in [0.29, 0.717) is 27.9 Å². The van der Waals surface area contributed by atoms with Gasteiger partial charge in [0.2, 0.25) is 5.16 Å². The minimum atomic E-state index is -0.367. The summed E-state index contributed by atoms with van der Waals surface area (Å²) < 4.78 is 16.4. The van der Waals surface area contributed by atoms with Crippen molar-refractivity contribution in [1.29, 1.82) is 0 Å². The van der Waals surface area contributed by atoms with Crippen molar-refractivity contribution < 1.29 is 4.39 Å². The van der Waals surface area contributed by atoms with Gasteiger partial charge in [-0.15, -0.1) is 5.10 Å². The van der Waals surface area contributed by atoms with Crippen molar-refractivity contribution >= 4 is 17.4 Å². The van der Waals surface area contributed by atoms with Crippen molar-refractivity contribution in [1.82, 2.24) is 29.6 Å². The number of aryl methyl sites for hydroxylation is 1. The van der Waals surface area contributed by atoms with Crippen LogP contribution in [0.3, 0.4) is 0 Å². The number of tetrazole rings is 1. The van der Waals surface area contributed by atoms with Gasteiger partial charge in [-0.25, -0.2) is 9.37 Å². The Hall–Kier alpha value is -3.07. The van der Waals surface area contributed by atoms with E-state index in [4.69, 9.17) is 0 Å². The molecule has 0 aliphatic heterocycles. The summed E-state index contributed by atoms with van der Waals surface area (Å²) in [6.07, 6.45) is 0. The summed E-state index contributed by atoms with van der Waals surface area (Å²) in [5.41, 5.74) is 2.44. The molecule has 7 nitrogen and oxygen atoms in total. The van der Waals surface area contributed by atoms with Gasteiger partial charge in [0.05, 0.1) is 11.4 Å². The number of rotatable bonds is 4. The Balaban J connectivity index is 1.62. The molecule has 26 heavy (non-hydrogen) atoms. The van der Waals surface area contributed by atoms with Crippen LogP contribution in [0.2, 0.25) is 0 Å². The second kappa shape index (κ2) is 6.68. The molecule has 9 heteroatoms. The van der Waals surface area contributed by atoms with Crippen molar-refractivity contribution in [3.63, 3.8) is 0 Å². The molecule has 4 aromatic rings. The molecule has 0 bridgehead atoms. The molecule has 0 spiro atoms. The maximum Gasteiger partial charge on any atom is 0.258 e. The van der Waals surface area contributed by atoms with E-state index in [0.717, 1.165) is 5.69 Å². The molecule has 0 aliphatic rings. The quantitative estimate of drug-likeness (QED) is 0.515. The predicted octanol–water partition coefficient (Wildman–Crippen LogP) is 2.41. The number of halogens is 1. The monoisotopic (exact) mass is 368 g/mol. The van der Waals surface area contributed by atoms with Gasteiger partial charge in [-0.05, 0) is 47.7 Å². The zero-order chi connectivity index (χ0) is 18.1. The van der Waals surface area contributed by atoms with Gasteiger partial charge in [0.1, 0.15) is 11.5 Å². The van der Waals surface area contributed by atoms with Crippen molar-refractivity contribution in [2.75, 3.05) is 0 Å². The summed E-state index contributed by atoms with van der Waals surface area (Å²) in [5.74, 6) is 0.0450. The van der Waals surface area contributed by atoms with Crippen LogP contribution < -0.4 is 5.56 Å². The first-order chi connectivity index (χ1) is 12.6. The van der Waals surface area contributed by atoms with Gasteiger partial charge in [0.25, 0.3) is 5.56 Å². The van der Waals surface area contributed by atoms with Crippen LogP contribution in [-0.2, 0) is 5.75 Å². The Labute approximate surface area is 151 Å². The molecule has 0 amide bonds. The van der Waals surface area contributed by atoms with Gasteiger partial charge in [0.15, 0.2) is 0 Å². The summed E-state index contributed by atoms with van der Waals surface area (Å²) in [6, 6.07) is 13.0. The molecule has 0 atom stereocenters. The summed E-state index contributed by atoms with van der Waals surface area (Å²) in [7, 11) is 0. The average molecular weight is 368 g/mol. The van der Waals surface area contributed by atoms with E-state index in [1.165, 1.54) is 34.6 Å². The van der Waals surface area contributed by atoms with E-state index in [-0.39, 0.29) is 11.4 Å². The molecular weight excluding hydrogens is 355 g/mol. The zero-order valence-electron chi connectivity index (χ0n) is 13.7. The SMILES string of the molecule is Cc1cccc2nc(CSc3nnnn3-c3cccc(F)c3)cc(=O)n12. The van der Waals surface area contributed by atoms with Gasteiger partial charge in [-0.2, -0.15) is 4.68 Å². The molecule has 4 rings (SSSR count). The number of hydrogen-bond donors (Lipinski definition) is 0. The Morgan fingerprint density at radius 1 is 1.15 bits per heavy atom. The molecule has 0 fully saturated rings. The van der Waals surface area contributed by atoms with Crippen molar-refractivity contribution in [3.05, 3.63) is 76.1 Å². The van der Waals surface area contributed by atoms with Crippen LogP contribution in [0.4, 0.5) is 4.39 Å². The molecule has 0 radical (unpaired) electrons. The van der Waals surface area contributed by atoms with E-state index in [1.54, 1.807) is 22.6 Å². The molecule has 0 saturated carbocycles. The summed E-state index contributed by atoms with van der Waals surface area (Å²) >= 11 is 1.32. The minimum absolute atomic E-state index is 0.131. The summed E-state index contributed by atoms with van der Waals surface area (Å²) in [6.45, 7) is 1.86. The first-order valence-corrected chi connectivity index (χ1v) is 8.76. The van der Waals surface area contributed by atoms with Gasteiger partial charge in [-0.3, -0.25) is 9.20 Å². The molecule has 0 saturated heterocycles. The minimum Gasteiger partial charge on any atom is -0.269 e. The van der Waals surface area contributed by atoms with Crippen molar-refractivity contribution in [2.24, 2.45) is 0 Å². The normalized spacial score (nSPS) is 11.2. The first-order valence-electron chi connectivity index (χ1n) is 7.77. The Morgan fingerprint density at radius 2 is 2.00 bits per heavy atom.